The maximum absolute atomic E-state index is 15.5. The standard InChI is InChI=1S/C65H87N13O18S2/c1-34(2)53(65(95)96)75-60(90)47-32-97-98-33-48(74-59(89)46(30-52(83)84)72-61(91)49-18-12-26-78(49)64(94)54(35(3)79)76-55(85)41(67)23-24-51(81)82)63(93)77(4)50(28-36-13-6-5-7-14-36)62(92)71-45(29-38-31-68-42-16-9-8-15-40(38)42)58(88)69-43(17-10-11-25-66)56(86)70-44(57(87)73-47)27-37-19-21-39(80)22-20-37/h5-9,13-16,19-22,31,34-35,41,43-50,53-54,68,79-80H,10-12,17-18,23-30,32-33,66-67H2,1-4H3,(H,69,88)(H,70,86)(H,71,92)(H,72,91)(H,73,87)(H,74,89)(H,75,90)(H,76,85)(H,81,82)(H,83,84)(H,95,96)/t35-,41+,43+,44+,45+,46+,47+,48+,49+,50+,53+,54+/m1/s1. The molecule has 1 aromatic heterocycles. The number of fused-ring (bicyclic) bond motifs is 1. The summed E-state index contributed by atoms with van der Waals surface area (Å²) in [6.45, 7) is 4.33. The monoisotopic (exact) mass is 1400 g/mol. The number of nitrogens with zero attached hydrogens (tertiary/aromatic N) is 2. The van der Waals surface area contributed by atoms with Gasteiger partial charge in [-0.2, -0.15) is 0 Å². The highest BCUT2D eigenvalue weighted by Crippen LogP contribution is 2.27. The third-order valence-electron chi connectivity index (χ3n) is 16.6. The number of carbonyl (C=O) groups excluding carboxylic acids is 10. The summed E-state index contributed by atoms with van der Waals surface area (Å²) >= 11 is 0. The quantitative estimate of drug-likeness (QED) is 0.0249. The van der Waals surface area contributed by atoms with Crippen LogP contribution in [0.3, 0.4) is 0 Å². The van der Waals surface area contributed by atoms with Gasteiger partial charge in [0.2, 0.25) is 59.1 Å². The molecule has 3 heterocycles. The van der Waals surface area contributed by atoms with Gasteiger partial charge in [0.05, 0.1) is 18.6 Å². The number of phenolic OH excluding ortho intramolecular Hbond substituents is 1. The molecule has 532 valence electrons. The van der Waals surface area contributed by atoms with Gasteiger partial charge in [-0.15, -0.1) is 0 Å². The number of carboxylic acids is 3. The van der Waals surface area contributed by atoms with Crippen LogP contribution in [0.2, 0.25) is 0 Å². The smallest absolute Gasteiger partial charge is 0.326 e. The van der Waals surface area contributed by atoms with Crippen LogP contribution in [-0.4, -0.2) is 222 Å². The van der Waals surface area contributed by atoms with Gasteiger partial charge < -0.3 is 94.3 Å². The molecule has 2 aliphatic heterocycles. The summed E-state index contributed by atoms with van der Waals surface area (Å²) in [4.78, 5) is 188. The average molecular weight is 1400 g/mol. The molecule has 0 radical (unpaired) electrons. The number of likely N-dealkylation sites (N-methyl/N-ethyl adjacent to an activating group) is 1. The number of nitrogens with one attached hydrogen (secondary N) is 9. The molecule has 6 rings (SSSR count). The SMILES string of the molecule is CC(C)[C@H](NC(=O)[C@@H]1CSSC[C@H](NC(=O)[C@H](CC(=O)O)NC(=O)[C@@H]2CCCN2C(=O)[C@@H](NC(=O)[C@@H](N)CCC(=O)O)[C@@H](C)O)C(=O)N(C)[C@@H](Cc2ccccc2)C(=O)N[C@@H](Cc2c[nH]c3ccccc23)C(=O)N[C@@H](CCCCN)C(=O)N[C@@H](Cc2ccc(O)cc2)C(=O)N1)C(=O)O. The number of aliphatic hydroxyl groups is 1. The number of amides is 10. The predicted octanol–water partition coefficient (Wildman–Crippen LogP) is -1.09. The fourth-order valence-corrected chi connectivity index (χ4v) is 13.4. The summed E-state index contributed by atoms with van der Waals surface area (Å²) in [6, 6.07) is 3.81. The molecule has 18 N–H and O–H groups in total. The van der Waals surface area contributed by atoms with Crippen LogP contribution >= 0.6 is 21.6 Å². The minimum atomic E-state index is -2.00. The van der Waals surface area contributed by atoms with Crippen molar-refractivity contribution < 1.29 is 87.9 Å². The minimum Gasteiger partial charge on any atom is -0.508 e. The number of aliphatic hydroxyl groups excluding tert-OH is 1. The summed E-state index contributed by atoms with van der Waals surface area (Å²) in [5.74, 6) is -15.8. The van der Waals surface area contributed by atoms with Crippen molar-refractivity contribution in [3.63, 3.8) is 0 Å². The molecular formula is C65H87N13O18S2. The Hall–Kier alpha value is -9.31. The maximum atomic E-state index is 15.5. The zero-order chi connectivity index (χ0) is 71.9. The maximum Gasteiger partial charge on any atom is 0.326 e. The Labute approximate surface area is 572 Å². The molecule has 2 aliphatic rings. The molecule has 2 fully saturated rings. The highest BCUT2D eigenvalue weighted by molar-refractivity contribution is 8.76. The van der Waals surface area contributed by atoms with E-state index in [1.54, 1.807) is 60.8 Å². The molecule has 2 saturated heterocycles. The number of aromatic amines is 1. The number of hydrogen-bond donors (Lipinski definition) is 16. The number of para-hydroxylation sites is 1. The number of aromatic nitrogens is 1. The fraction of sp³-hybridized carbons (Fsp3) is 0.492. The van der Waals surface area contributed by atoms with Gasteiger partial charge in [0.1, 0.15) is 66.2 Å². The first-order chi connectivity index (χ1) is 46.6. The van der Waals surface area contributed by atoms with E-state index in [0.717, 1.165) is 31.4 Å². The first kappa shape index (κ1) is 77.7. The zero-order valence-corrected chi connectivity index (χ0v) is 56.2. The number of hydrogen-bond acceptors (Lipinski definition) is 19. The number of unbranched alkanes of at least 4 members (excludes halogenated alkanes) is 1. The molecule has 4 aromatic rings. The number of carboxylic acid groups (broad SMARTS) is 3. The van der Waals surface area contributed by atoms with Crippen LogP contribution in [0.25, 0.3) is 10.9 Å². The lowest BCUT2D eigenvalue weighted by atomic mass is 10.00. The Kier molecular flexibility index (Phi) is 29.7. The number of aromatic hydroxyl groups is 1. The van der Waals surface area contributed by atoms with Crippen molar-refractivity contribution in [2.75, 3.05) is 31.6 Å². The Morgan fingerprint density at radius 3 is 1.96 bits per heavy atom. The van der Waals surface area contributed by atoms with Crippen molar-refractivity contribution >= 4 is 109 Å². The van der Waals surface area contributed by atoms with E-state index in [9.17, 15) is 68.4 Å². The van der Waals surface area contributed by atoms with E-state index >= 15 is 14.4 Å². The van der Waals surface area contributed by atoms with E-state index < -0.39 is 180 Å². The third-order valence-corrected chi connectivity index (χ3v) is 19.1. The molecule has 31 nitrogen and oxygen atoms in total. The van der Waals surface area contributed by atoms with Crippen molar-refractivity contribution in [2.24, 2.45) is 17.4 Å². The summed E-state index contributed by atoms with van der Waals surface area (Å²) in [5.41, 5.74) is 13.9. The molecule has 0 spiro atoms. The van der Waals surface area contributed by atoms with Crippen molar-refractivity contribution in [1.82, 2.24) is 57.3 Å². The Bertz CT molecular complexity index is 3490. The Balaban J connectivity index is 1.43. The van der Waals surface area contributed by atoms with E-state index in [2.05, 4.69) is 47.5 Å². The van der Waals surface area contributed by atoms with E-state index in [1.165, 1.54) is 52.1 Å². The molecule has 98 heavy (non-hydrogen) atoms. The molecule has 0 saturated carbocycles. The number of rotatable bonds is 27. The highest BCUT2D eigenvalue weighted by atomic mass is 33.1. The molecule has 33 heteroatoms. The molecule has 0 unspecified atom stereocenters. The lowest BCUT2D eigenvalue weighted by Crippen LogP contribution is -2.62. The van der Waals surface area contributed by atoms with E-state index in [0.29, 0.717) is 34.0 Å². The van der Waals surface area contributed by atoms with Gasteiger partial charge in [-0.3, -0.25) is 57.5 Å². The number of nitrogens with two attached hydrogens (primary N) is 2. The lowest BCUT2D eigenvalue weighted by Gasteiger charge is -2.33. The fourth-order valence-electron chi connectivity index (χ4n) is 11.1. The zero-order valence-electron chi connectivity index (χ0n) is 54.6. The summed E-state index contributed by atoms with van der Waals surface area (Å²) in [6.07, 6.45) is -1.80. The Morgan fingerprint density at radius 2 is 1.31 bits per heavy atom. The number of likely N-dealkylation sites (tertiary alicyclic amines) is 1. The summed E-state index contributed by atoms with van der Waals surface area (Å²) in [5, 5.41) is 71.7. The van der Waals surface area contributed by atoms with Gasteiger partial charge in [-0.25, -0.2) is 4.79 Å². The van der Waals surface area contributed by atoms with Crippen molar-refractivity contribution in [3.05, 3.63) is 102 Å². The second-order valence-corrected chi connectivity index (χ2v) is 27.0. The molecule has 0 bridgehead atoms. The third kappa shape index (κ3) is 22.6. The molecular weight excluding hydrogens is 1310 g/mol. The van der Waals surface area contributed by atoms with Gasteiger partial charge in [-0.05, 0) is 92.8 Å². The minimum absolute atomic E-state index is 0.0431. The van der Waals surface area contributed by atoms with Crippen LogP contribution < -0.4 is 54.0 Å². The topological polar surface area (TPSA) is 494 Å². The first-order valence-corrected chi connectivity index (χ1v) is 34.5. The summed E-state index contributed by atoms with van der Waals surface area (Å²) < 4.78 is 0. The predicted molar refractivity (Wildman–Crippen MR) is 360 cm³/mol. The van der Waals surface area contributed by atoms with Crippen molar-refractivity contribution in [2.45, 2.75) is 164 Å². The summed E-state index contributed by atoms with van der Waals surface area (Å²) in [7, 11) is 2.93. The highest BCUT2D eigenvalue weighted by Gasteiger charge is 2.43. The average Bonchev–Trinajstić information content (AvgIpc) is 1.79. The second kappa shape index (κ2) is 37.4. The number of phenols is 1. The second-order valence-electron chi connectivity index (χ2n) is 24.4. The number of H-pyrrole nitrogens is 1. The number of aliphatic carboxylic acids is 3. The van der Waals surface area contributed by atoms with E-state index in [1.807, 2.05) is 0 Å². The molecule has 12 atom stereocenters. The largest absolute Gasteiger partial charge is 0.508 e. The normalized spacial score (nSPS) is 21.6. The van der Waals surface area contributed by atoms with Crippen LogP contribution in [0.4, 0.5) is 0 Å². The van der Waals surface area contributed by atoms with Crippen molar-refractivity contribution in [3.8, 4) is 5.75 Å². The molecule has 0 aliphatic carbocycles. The Morgan fingerprint density at radius 1 is 0.684 bits per heavy atom. The van der Waals surface area contributed by atoms with Gasteiger partial charge in [-0.1, -0.05) is 96.1 Å². The molecule has 3 aromatic carbocycles. The van der Waals surface area contributed by atoms with Gasteiger partial charge in [0.15, 0.2) is 0 Å². The van der Waals surface area contributed by atoms with Crippen LogP contribution in [0.5, 0.6) is 5.75 Å². The number of carbonyl (C=O) groups is 13. The number of benzene rings is 3. The molecule has 10 amide bonds. The van der Waals surface area contributed by atoms with Crippen LogP contribution in [0.1, 0.15) is 88.8 Å². The van der Waals surface area contributed by atoms with E-state index in [4.69, 9.17) is 16.6 Å². The lowest BCUT2D eigenvalue weighted by molar-refractivity contribution is -0.146. The van der Waals surface area contributed by atoms with Crippen LogP contribution in [-0.2, 0) is 81.6 Å². The van der Waals surface area contributed by atoms with E-state index in [-0.39, 0.29) is 70.2 Å². The van der Waals surface area contributed by atoms with Gasteiger partial charge in [0, 0.05) is 67.9 Å². The van der Waals surface area contributed by atoms with Gasteiger partial charge in [0.25, 0.3) is 0 Å². The van der Waals surface area contributed by atoms with Crippen LogP contribution in [0, 0.1) is 5.92 Å². The first-order valence-electron chi connectivity index (χ1n) is 32.0. The van der Waals surface area contributed by atoms with Crippen LogP contribution in [0.15, 0.2) is 85.1 Å². The van der Waals surface area contributed by atoms with Gasteiger partial charge >= 0.3 is 17.9 Å². The van der Waals surface area contributed by atoms with Crippen molar-refractivity contribution in [1.29, 1.82) is 0 Å².